The van der Waals surface area contributed by atoms with Gasteiger partial charge in [0, 0.05) is 50.1 Å². The van der Waals surface area contributed by atoms with E-state index in [0.717, 1.165) is 36.7 Å². The van der Waals surface area contributed by atoms with Crippen LogP contribution in [0.1, 0.15) is 37.4 Å². The van der Waals surface area contributed by atoms with Gasteiger partial charge in [0.1, 0.15) is 11.6 Å². The van der Waals surface area contributed by atoms with Crippen LogP contribution < -0.4 is 9.64 Å². The van der Waals surface area contributed by atoms with E-state index in [1.165, 1.54) is 37.9 Å². The van der Waals surface area contributed by atoms with Gasteiger partial charge in [0.25, 0.3) is 5.89 Å². The summed E-state index contributed by atoms with van der Waals surface area (Å²) in [7, 11) is 0. The number of benzene rings is 1. The molecule has 0 radical (unpaired) electrons. The van der Waals surface area contributed by atoms with Crippen molar-refractivity contribution in [2.75, 3.05) is 31.1 Å². The number of nitrogens with zero attached hydrogens (tertiary/aromatic N) is 7. The Kier molecular flexibility index (Phi) is 6.76. The van der Waals surface area contributed by atoms with Crippen molar-refractivity contribution in [2.45, 2.75) is 51.8 Å². The van der Waals surface area contributed by atoms with Crippen LogP contribution in [0.4, 0.5) is 14.6 Å². The van der Waals surface area contributed by atoms with Crippen LogP contribution in [0.2, 0.25) is 0 Å². The molecule has 2 aliphatic heterocycles. The van der Waals surface area contributed by atoms with E-state index in [9.17, 15) is 8.78 Å². The Balaban J connectivity index is 1.14. The van der Waals surface area contributed by atoms with Gasteiger partial charge in [-0.1, -0.05) is 11.6 Å². The van der Waals surface area contributed by atoms with Gasteiger partial charge in [0.2, 0.25) is 5.82 Å². The molecule has 2 fully saturated rings. The molecule has 9 nitrogen and oxygen atoms in total. The SMILES string of the molecule is Cc1cc(-c2nc(-c3ccc(OC(C)(F)F)cc3)no2)nn1Cc1ccnc(N2CCN3CCCCC3C2)c1. The van der Waals surface area contributed by atoms with Gasteiger partial charge in [-0.3, -0.25) is 9.58 Å². The van der Waals surface area contributed by atoms with Gasteiger partial charge in [0.15, 0.2) is 5.69 Å². The lowest BCUT2D eigenvalue weighted by Gasteiger charge is -2.44. The number of rotatable bonds is 7. The molecule has 11 heteroatoms. The largest absolute Gasteiger partial charge is 0.433 e. The highest BCUT2D eigenvalue weighted by Gasteiger charge is 2.29. The first kappa shape index (κ1) is 25.4. The molecular formula is C28H31F2N7O2. The summed E-state index contributed by atoms with van der Waals surface area (Å²) >= 11 is 0. The van der Waals surface area contributed by atoms with Crippen LogP contribution in [-0.4, -0.2) is 68.1 Å². The van der Waals surface area contributed by atoms with Crippen LogP contribution in [0.25, 0.3) is 23.0 Å². The normalized spacial score (nSPS) is 18.3. The number of hydrogen-bond acceptors (Lipinski definition) is 8. The summed E-state index contributed by atoms with van der Waals surface area (Å²) in [4.78, 5) is 14.2. The highest BCUT2D eigenvalue weighted by atomic mass is 19.3. The van der Waals surface area contributed by atoms with E-state index in [2.05, 4.69) is 35.7 Å². The fourth-order valence-corrected chi connectivity index (χ4v) is 5.37. The summed E-state index contributed by atoms with van der Waals surface area (Å²) < 4.78 is 38.1. The van der Waals surface area contributed by atoms with Crippen molar-refractivity contribution in [1.29, 1.82) is 0 Å². The zero-order valence-electron chi connectivity index (χ0n) is 22.1. The van der Waals surface area contributed by atoms with E-state index < -0.39 is 6.11 Å². The lowest BCUT2D eigenvalue weighted by Crippen LogP contribution is -2.55. The summed E-state index contributed by atoms with van der Waals surface area (Å²) in [5, 5.41) is 8.75. The topological polar surface area (TPSA) is 85.3 Å². The lowest BCUT2D eigenvalue weighted by atomic mass is 9.99. The average molecular weight is 536 g/mol. The molecule has 39 heavy (non-hydrogen) atoms. The van der Waals surface area contributed by atoms with E-state index in [0.29, 0.717) is 36.6 Å². The van der Waals surface area contributed by atoms with Crippen molar-refractivity contribution in [3.05, 3.63) is 59.9 Å². The molecule has 204 valence electrons. The number of alkyl halides is 2. The second-order valence-electron chi connectivity index (χ2n) is 10.3. The highest BCUT2D eigenvalue weighted by Crippen LogP contribution is 2.27. The van der Waals surface area contributed by atoms with E-state index in [1.807, 2.05) is 29.9 Å². The molecule has 2 saturated heterocycles. The van der Waals surface area contributed by atoms with Crippen molar-refractivity contribution in [2.24, 2.45) is 0 Å². The van der Waals surface area contributed by atoms with Gasteiger partial charge in [-0.2, -0.15) is 18.9 Å². The predicted molar refractivity (Wildman–Crippen MR) is 142 cm³/mol. The summed E-state index contributed by atoms with van der Waals surface area (Å²) in [5.41, 5.74) is 3.27. The van der Waals surface area contributed by atoms with Crippen molar-refractivity contribution in [3.8, 4) is 28.7 Å². The van der Waals surface area contributed by atoms with E-state index in [4.69, 9.17) is 9.62 Å². The van der Waals surface area contributed by atoms with Crippen molar-refractivity contribution >= 4 is 5.82 Å². The third-order valence-corrected chi connectivity index (χ3v) is 7.34. The Bertz CT molecular complexity index is 1430. The van der Waals surface area contributed by atoms with E-state index in [-0.39, 0.29) is 11.6 Å². The zero-order chi connectivity index (χ0) is 27.0. The van der Waals surface area contributed by atoms with Gasteiger partial charge >= 0.3 is 6.11 Å². The minimum atomic E-state index is -3.25. The molecule has 1 aromatic carbocycles. The van der Waals surface area contributed by atoms with E-state index in [1.54, 1.807) is 12.1 Å². The molecule has 0 aliphatic carbocycles. The van der Waals surface area contributed by atoms with Gasteiger partial charge in [-0.25, -0.2) is 4.98 Å². The van der Waals surface area contributed by atoms with Crippen molar-refractivity contribution < 1.29 is 18.0 Å². The molecule has 2 aliphatic rings. The van der Waals surface area contributed by atoms with Crippen LogP contribution in [-0.2, 0) is 6.54 Å². The molecule has 3 aromatic heterocycles. The number of piperidine rings is 1. The van der Waals surface area contributed by atoms with Crippen LogP contribution >= 0.6 is 0 Å². The molecule has 0 spiro atoms. The minimum absolute atomic E-state index is 0.0554. The number of aromatic nitrogens is 5. The first-order valence-corrected chi connectivity index (χ1v) is 13.3. The molecule has 1 unspecified atom stereocenters. The maximum Gasteiger partial charge on any atom is 0.394 e. The third kappa shape index (κ3) is 5.78. The molecule has 0 amide bonds. The first-order chi connectivity index (χ1) is 18.8. The number of pyridine rings is 1. The standard InChI is InChI=1S/C28H31F2N7O2/c1-19-15-24(27-32-26(34-39-27)21-6-8-23(9-7-21)38-28(2,29)30)33-37(19)17-20-10-11-31-25(16-20)36-14-13-35-12-4-3-5-22(35)18-36/h6-11,15-16,22H,3-5,12-14,17-18H2,1-2H3. The number of ether oxygens (including phenoxy) is 1. The van der Waals surface area contributed by atoms with Gasteiger partial charge in [-0.15, -0.1) is 0 Å². The quantitative estimate of drug-likeness (QED) is 0.326. The Labute approximate surface area is 225 Å². The smallest absolute Gasteiger partial charge is 0.394 e. The number of anilines is 1. The number of piperazine rings is 1. The summed E-state index contributed by atoms with van der Waals surface area (Å²) in [6.45, 7) is 7.61. The van der Waals surface area contributed by atoms with E-state index >= 15 is 0 Å². The Morgan fingerprint density at radius 2 is 1.92 bits per heavy atom. The highest BCUT2D eigenvalue weighted by molar-refractivity contribution is 5.59. The number of halogens is 2. The summed E-state index contributed by atoms with van der Waals surface area (Å²) in [6, 6.07) is 12.8. The fraction of sp³-hybridized carbons (Fsp3) is 0.429. The minimum Gasteiger partial charge on any atom is -0.433 e. The van der Waals surface area contributed by atoms with Crippen LogP contribution in [0, 0.1) is 6.92 Å². The molecule has 0 bridgehead atoms. The average Bonchev–Trinajstić information content (AvgIpc) is 3.55. The number of hydrogen-bond donors (Lipinski definition) is 0. The fourth-order valence-electron chi connectivity index (χ4n) is 5.37. The molecular weight excluding hydrogens is 504 g/mol. The second-order valence-corrected chi connectivity index (χ2v) is 10.3. The molecule has 1 atom stereocenters. The summed E-state index contributed by atoms with van der Waals surface area (Å²) in [6.07, 6.45) is 2.51. The van der Waals surface area contributed by atoms with Crippen LogP contribution in [0.3, 0.4) is 0 Å². The Morgan fingerprint density at radius 3 is 2.74 bits per heavy atom. The molecule has 0 N–H and O–H groups in total. The number of aryl methyl sites for hydroxylation is 1. The second kappa shape index (κ2) is 10.4. The Morgan fingerprint density at radius 1 is 1.08 bits per heavy atom. The monoisotopic (exact) mass is 535 g/mol. The zero-order valence-corrected chi connectivity index (χ0v) is 22.1. The molecule has 0 saturated carbocycles. The number of fused-ring (bicyclic) bond motifs is 1. The van der Waals surface area contributed by atoms with Crippen molar-refractivity contribution in [1.82, 2.24) is 29.8 Å². The third-order valence-electron chi connectivity index (χ3n) is 7.34. The van der Waals surface area contributed by atoms with Gasteiger partial charge in [0.05, 0.1) is 6.54 Å². The van der Waals surface area contributed by atoms with Crippen molar-refractivity contribution in [3.63, 3.8) is 0 Å². The van der Waals surface area contributed by atoms with Gasteiger partial charge in [-0.05, 0) is 74.3 Å². The molecule has 6 rings (SSSR count). The van der Waals surface area contributed by atoms with Crippen LogP contribution in [0.5, 0.6) is 5.75 Å². The predicted octanol–water partition coefficient (Wildman–Crippen LogP) is 5.02. The maximum atomic E-state index is 13.1. The van der Waals surface area contributed by atoms with Gasteiger partial charge < -0.3 is 14.2 Å². The molecule has 4 aromatic rings. The summed E-state index contributed by atoms with van der Waals surface area (Å²) in [5.74, 6) is 1.69. The lowest BCUT2D eigenvalue weighted by molar-refractivity contribution is -0.158. The Hall–Kier alpha value is -3.86. The maximum absolute atomic E-state index is 13.1. The van der Waals surface area contributed by atoms with Crippen LogP contribution in [0.15, 0.2) is 53.2 Å². The first-order valence-electron chi connectivity index (χ1n) is 13.3. The molecule has 5 heterocycles.